The van der Waals surface area contributed by atoms with Crippen molar-refractivity contribution in [1.29, 1.82) is 0 Å². The monoisotopic (exact) mass is 447 g/mol. The van der Waals surface area contributed by atoms with Crippen LogP contribution in [0.5, 0.6) is 11.5 Å². The third kappa shape index (κ3) is 4.99. The maximum atomic E-state index is 11.4. The smallest absolute Gasteiger partial charge is 0.238 e. The fraction of sp³-hybridized carbons (Fsp3) is 0.120. The van der Waals surface area contributed by atoms with E-state index in [0.717, 1.165) is 32.7 Å². The Morgan fingerprint density at radius 3 is 2.28 bits per heavy atom. The van der Waals surface area contributed by atoms with Gasteiger partial charge in [-0.2, -0.15) is 5.10 Å². The number of hydrogen-bond donors (Lipinski definition) is 1. The van der Waals surface area contributed by atoms with Crippen LogP contribution in [0.3, 0.4) is 0 Å². The first kappa shape index (κ1) is 21.6. The standard InChI is InChI=1S/C25H22ClN3O3/c1-18(31)29(26)21-11-7-19(8-12-21)16-28-22(17-30)15-25(27-28)20-9-13-24(14-10-20)32-23-5-3-2-4-6-23/h2-15,30H,16-17H2,1H3. The minimum atomic E-state index is -0.251. The summed E-state index contributed by atoms with van der Waals surface area (Å²) in [6, 6.07) is 26.5. The topological polar surface area (TPSA) is 67.6 Å². The zero-order chi connectivity index (χ0) is 22.5. The van der Waals surface area contributed by atoms with E-state index in [-0.39, 0.29) is 12.5 Å². The van der Waals surface area contributed by atoms with Crippen LogP contribution < -0.4 is 9.16 Å². The van der Waals surface area contributed by atoms with Crippen molar-refractivity contribution in [3.63, 3.8) is 0 Å². The Morgan fingerprint density at radius 1 is 1.00 bits per heavy atom. The molecular formula is C25H22ClN3O3. The van der Waals surface area contributed by atoms with Crippen molar-refractivity contribution in [2.24, 2.45) is 0 Å². The van der Waals surface area contributed by atoms with E-state index >= 15 is 0 Å². The molecule has 0 aliphatic rings. The number of carbonyl (C=O) groups excluding carboxylic acids is 1. The van der Waals surface area contributed by atoms with Gasteiger partial charge in [0.15, 0.2) is 0 Å². The first-order valence-corrected chi connectivity index (χ1v) is 10.4. The summed E-state index contributed by atoms with van der Waals surface area (Å²) < 4.78 is 8.68. The van der Waals surface area contributed by atoms with Crippen LogP contribution in [0.15, 0.2) is 84.9 Å². The second-order valence-corrected chi connectivity index (χ2v) is 7.58. The lowest BCUT2D eigenvalue weighted by atomic mass is 10.1. The number of aliphatic hydroxyl groups is 1. The Hall–Kier alpha value is -3.61. The van der Waals surface area contributed by atoms with Gasteiger partial charge < -0.3 is 9.84 Å². The molecule has 0 radical (unpaired) electrons. The largest absolute Gasteiger partial charge is 0.457 e. The molecule has 0 spiro atoms. The van der Waals surface area contributed by atoms with E-state index in [1.807, 2.05) is 72.8 Å². The van der Waals surface area contributed by atoms with Crippen LogP contribution >= 0.6 is 11.8 Å². The minimum absolute atomic E-state index is 0.125. The molecule has 4 rings (SSSR count). The van der Waals surface area contributed by atoms with Crippen LogP contribution in [0.25, 0.3) is 11.3 Å². The predicted octanol–water partition coefficient (Wildman–Crippen LogP) is 5.39. The Morgan fingerprint density at radius 2 is 1.66 bits per heavy atom. The van der Waals surface area contributed by atoms with E-state index in [2.05, 4.69) is 5.10 Å². The van der Waals surface area contributed by atoms with Gasteiger partial charge >= 0.3 is 0 Å². The summed E-state index contributed by atoms with van der Waals surface area (Å²) in [7, 11) is 0. The van der Waals surface area contributed by atoms with Gasteiger partial charge in [0.05, 0.1) is 30.2 Å². The molecule has 1 amide bonds. The molecule has 1 aromatic heterocycles. The number of halogens is 1. The summed E-state index contributed by atoms with van der Waals surface area (Å²) in [5.41, 5.74) is 3.97. The number of ether oxygens (including phenoxy) is 1. The van der Waals surface area contributed by atoms with E-state index in [0.29, 0.717) is 17.9 Å². The SMILES string of the molecule is CC(=O)N(Cl)c1ccc(Cn2nc(-c3ccc(Oc4ccccc4)cc3)cc2CO)cc1. The number of carbonyl (C=O) groups is 1. The molecule has 32 heavy (non-hydrogen) atoms. The molecule has 0 saturated carbocycles. The third-order valence-electron chi connectivity index (χ3n) is 4.93. The van der Waals surface area contributed by atoms with Gasteiger partial charge in [-0.25, -0.2) is 4.42 Å². The summed E-state index contributed by atoms with van der Waals surface area (Å²) in [6.45, 7) is 1.76. The van der Waals surface area contributed by atoms with Crippen LogP contribution in [0.4, 0.5) is 5.69 Å². The van der Waals surface area contributed by atoms with Crippen molar-refractivity contribution in [2.75, 3.05) is 4.42 Å². The molecule has 0 saturated heterocycles. The number of nitrogens with zero attached hydrogens (tertiary/aromatic N) is 3. The van der Waals surface area contributed by atoms with Gasteiger partial charge in [-0.05, 0) is 60.2 Å². The van der Waals surface area contributed by atoms with E-state index in [4.69, 9.17) is 16.5 Å². The predicted molar refractivity (Wildman–Crippen MR) is 125 cm³/mol. The van der Waals surface area contributed by atoms with E-state index in [9.17, 15) is 9.90 Å². The molecule has 0 fully saturated rings. The van der Waals surface area contributed by atoms with Gasteiger partial charge in [-0.1, -0.05) is 30.3 Å². The van der Waals surface area contributed by atoms with Crippen molar-refractivity contribution in [2.45, 2.75) is 20.1 Å². The van der Waals surface area contributed by atoms with Gasteiger partial charge in [-0.15, -0.1) is 0 Å². The van der Waals surface area contributed by atoms with Gasteiger partial charge in [0.2, 0.25) is 5.91 Å². The fourth-order valence-corrected chi connectivity index (χ4v) is 3.38. The average molecular weight is 448 g/mol. The normalized spacial score (nSPS) is 10.7. The van der Waals surface area contributed by atoms with E-state index < -0.39 is 0 Å². The lowest BCUT2D eigenvalue weighted by Gasteiger charge is -2.12. The van der Waals surface area contributed by atoms with Crippen molar-refractivity contribution in [3.05, 3.63) is 96.2 Å². The molecule has 1 heterocycles. The first-order chi connectivity index (χ1) is 15.5. The molecule has 0 aliphatic heterocycles. The highest BCUT2D eigenvalue weighted by atomic mass is 35.5. The van der Waals surface area contributed by atoms with E-state index in [1.165, 1.54) is 6.92 Å². The highest BCUT2D eigenvalue weighted by molar-refractivity contribution is 6.36. The van der Waals surface area contributed by atoms with Crippen LogP contribution in [0.2, 0.25) is 0 Å². The van der Waals surface area contributed by atoms with Crippen LogP contribution in [-0.4, -0.2) is 20.8 Å². The zero-order valence-corrected chi connectivity index (χ0v) is 18.2. The first-order valence-electron chi connectivity index (χ1n) is 10.1. The quantitative estimate of drug-likeness (QED) is 0.386. The van der Waals surface area contributed by atoms with Gasteiger partial charge in [0.1, 0.15) is 11.5 Å². The summed E-state index contributed by atoms with van der Waals surface area (Å²) in [5, 5.41) is 14.5. The number of benzene rings is 3. The molecule has 3 aromatic carbocycles. The minimum Gasteiger partial charge on any atom is -0.457 e. The van der Waals surface area contributed by atoms with Gasteiger partial charge in [-0.3, -0.25) is 9.48 Å². The summed E-state index contributed by atoms with van der Waals surface area (Å²) in [6.07, 6.45) is 0. The third-order valence-corrected chi connectivity index (χ3v) is 5.36. The molecule has 7 heteroatoms. The molecular weight excluding hydrogens is 426 g/mol. The summed E-state index contributed by atoms with van der Waals surface area (Å²) in [5.74, 6) is 1.26. The number of rotatable bonds is 7. The van der Waals surface area contributed by atoms with Crippen molar-refractivity contribution >= 4 is 23.4 Å². The Bertz CT molecular complexity index is 1190. The maximum absolute atomic E-state index is 11.4. The van der Waals surface area contributed by atoms with Crippen molar-refractivity contribution < 1.29 is 14.6 Å². The second kappa shape index (κ2) is 9.68. The highest BCUT2D eigenvalue weighted by Crippen LogP contribution is 2.26. The Kier molecular flexibility index (Phi) is 6.54. The molecule has 6 nitrogen and oxygen atoms in total. The average Bonchev–Trinajstić information content (AvgIpc) is 3.23. The number of para-hydroxylation sites is 1. The molecule has 0 bridgehead atoms. The molecule has 1 N–H and O–H groups in total. The molecule has 162 valence electrons. The van der Waals surface area contributed by atoms with Crippen LogP contribution in [0.1, 0.15) is 18.2 Å². The van der Waals surface area contributed by atoms with Crippen LogP contribution in [-0.2, 0) is 17.9 Å². The summed E-state index contributed by atoms with van der Waals surface area (Å²) >= 11 is 5.95. The fourth-order valence-electron chi connectivity index (χ4n) is 3.27. The molecule has 0 atom stereocenters. The molecule has 0 aliphatic carbocycles. The highest BCUT2D eigenvalue weighted by Gasteiger charge is 2.12. The number of aliphatic hydroxyl groups excluding tert-OH is 1. The Labute approximate surface area is 191 Å². The Balaban J connectivity index is 1.50. The van der Waals surface area contributed by atoms with Crippen LogP contribution in [0, 0.1) is 0 Å². The molecule has 4 aromatic rings. The maximum Gasteiger partial charge on any atom is 0.238 e. The molecule has 0 unspecified atom stereocenters. The number of aromatic nitrogens is 2. The number of amides is 1. The van der Waals surface area contributed by atoms with E-state index in [1.54, 1.807) is 16.8 Å². The van der Waals surface area contributed by atoms with Gasteiger partial charge in [0.25, 0.3) is 0 Å². The number of hydrogen-bond acceptors (Lipinski definition) is 4. The van der Waals surface area contributed by atoms with Crippen molar-refractivity contribution in [1.82, 2.24) is 9.78 Å². The zero-order valence-electron chi connectivity index (χ0n) is 17.5. The van der Waals surface area contributed by atoms with Crippen molar-refractivity contribution in [3.8, 4) is 22.8 Å². The van der Waals surface area contributed by atoms with Gasteiger partial charge in [0, 0.05) is 24.3 Å². The summed E-state index contributed by atoms with van der Waals surface area (Å²) in [4.78, 5) is 11.4. The lowest BCUT2D eigenvalue weighted by Crippen LogP contribution is -2.16. The second-order valence-electron chi connectivity index (χ2n) is 7.24. The number of anilines is 1. The lowest BCUT2D eigenvalue weighted by molar-refractivity contribution is -0.115.